The molecule has 0 unspecified atom stereocenters. The van der Waals surface area contributed by atoms with Crippen molar-refractivity contribution < 1.29 is 19.0 Å². The number of methoxy groups -OCH3 is 1. The molecule has 1 saturated heterocycles. The van der Waals surface area contributed by atoms with Crippen LogP contribution >= 0.6 is 0 Å². The fourth-order valence-electron chi connectivity index (χ4n) is 6.74. The molecule has 0 radical (unpaired) electrons. The van der Waals surface area contributed by atoms with Crippen LogP contribution in [0.25, 0.3) is 28.0 Å². The van der Waals surface area contributed by atoms with Crippen molar-refractivity contribution in [3.05, 3.63) is 107 Å². The number of ether oxygens (including phenoxy) is 3. The molecule has 1 aliphatic carbocycles. The zero-order valence-corrected chi connectivity index (χ0v) is 26.0. The average molecular weight is 627 g/mol. The summed E-state index contributed by atoms with van der Waals surface area (Å²) in [5.74, 6) is 2.81. The lowest BCUT2D eigenvalue weighted by atomic mass is 9.83. The van der Waals surface area contributed by atoms with Crippen molar-refractivity contribution in [2.45, 2.75) is 37.8 Å². The van der Waals surface area contributed by atoms with E-state index in [2.05, 4.69) is 4.99 Å². The number of para-hydroxylation sites is 1. The molecule has 9 nitrogen and oxygen atoms in total. The molecule has 1 aromatic heterocycles. The molecule has 47 heavy (non-hydrogen) atoms. The van der Waals surface area contributed by atoms with Crippen molar-refractivity contribution in [2.24, 2.45) is 10.9 Å². The van der Waals surface area contributed by atoms with Crippen LogP contribution in [0.1, 0.15) is 36.0 Å². The number of fused-ring (bicyclic) bond motifs is 3. The fourth-order valence-corrected chi connectivity index (χ4v) is 6.74. The summed E-state index contributed by atoms with van der Waals surface area (Å²) in [5, 5.41) is 0.569. The average Bonchev–Trinajstić information content (AvgIpc) is 3.53. The molecule has 3 aliphatic rings. The minimum absolute atomic E-state index is 0.00336. The smallest absolute Gasteiger partial charge is 0.266 e. The molecule has 1 amide bonds. The molecule has 9 heteroatoms. The second-order valence-corrected chi connectivity index (χ2v) is 12.3. The Balaban J connectivity index is 0.931. The molecule has 1 atom stereocenters. The van der Waals surface area contributed by atoms with Crippen LogP contribution in [-0.2, 0) is 0 Å². The summed E-state index contributed by atoms with van der Waals surface area (Å²) in [4.78, 5) is 38.2. The van der Waals surface area contributed by atoms with Gasteiger partial charge in [-0.1, -0.05) is 42.5 Å². The Morgan fingerprint density at radius 1 is 0.894 bits per heavy atom. The third kappa shape index (κ3) is 5.41. The van der Waals surface area contributed by atoms with Crippen molar-refractivity contribution in [2.75, 3.05) is 20.3 Å². The third-order valence-electron chi connectivity index (χ3n) is 9.33. The van der Waals surface area contributed by atoms with Gasteiger partial charge in [0.15, 0.2) is 11.5 Å². The molecule has 8 rings (SSSR count). The van der Waals surface area contributed by atoms with Crippen LogP contribution in [0, 0.1) is 5.92 Å². The van der Waals surface area contributed by atoms with E-state index in [0.717, 1.165) is 49.2 Å². The minimum Gasteiger partial charge on any atom is -0.493 e. The Labute approximate surface area is 272 Å². The van der Waals surface area contributed by atoms with Gasteiger partial charge in [0, 0.05) is 24.4 Å². The summed E-state index contributed by atoms with van der Waals surface area (Å²) >= 11 is 0. The Morgan fingerprint density at radius 2 is 1.68 bits per heavy atom. The molecule has 2 aliphatic heterocycles. The summed E-state index contributed by atoms with van der Waals surface area (Å²) in [6.45, 7) is 1.31. The van der Waals surface area contributed by atoms with E-state index in [0.29, 0.717) is 52.0 Å². The Kier molecular flexibility index (Phi) is 7.44. The summed E-state index contributed by atoms with van der Waals surface area (Å²) in [6, 6.07) is 28.4. The number of hydrogen-bond acceptors (Lipinski definition) is 7. The molecule has 1 saturated carbocycles. The van der Waals surface area contributed by atoms with Crippen molar-refractivity contribution in [1.29, 1.82) is 0 Å². The van der Waals surface area contributed by atoms with Gasteiger partial charge in [-0.25, -0.2) is 4.98 Å². The normalized spacial score (nSPS) is 19.9. The first-order valence-corrected chi connectivity index (χ1v) is 16.1. The van der Waals surface area contributed by atoms with Crippen molar-refractivity contribution >= 4 is 28.7 Å². The first-order valence-electron chi connectivity index (χ1n) is 16.1. The van der Waals surface area contributed by atoms with Gasteiger partial charge in [-0.05, 0) is 74.1 Å². The highest BCUT2D eigenvalue weighted by molar-refractivity contribution is 6.03. The van der Waals surface area contributed by atoms with Gasteiger partial charge in [-0.3, -0.25) is 19.1 Å². The first-order chi connectivity index (χ1) is 23.1. The number of aromatic nitrogens is 2. The monoisotopic (exact) mass is 626 g/mol. The van der Waals surface area contributed by atoms with Gasteiger partial charge in [0.1, 0.15) is 11.6 Å². The minimum atomic E-state index is -0.117. The van der Waals surface area contributed by atoms with Crippen LogP contribution in [0.2, 0.25) is 0 Å². The lowest BCUT2D eigenvalue weighted by Crippen LogP contribution is -2.37. The number of amides is 1. The Hall–Kier alpha value is -5.44. The number of carbonyl (C=O) groups excluding carboxylic acids is 1. The van der Waals surface area contributed by atoms with Crippen LogP contribution in [0.5, 0.6) is 17.2 Å². The van der Waals surface area contributed by atoms with Gasteiger partial charge in [0.2, 0.25) is 0 Å². The van der Waals surface area contributed by atoms with Gasteiger partial charge >= 0.3 is 0 Å². The maximum atomic E-state index is 13.7. The van der Waals surface area contributed by atoms with E-state index in [4.69, 9.17) is 19.2 Å². The molecule has 0 N–H and O–H groups in total. The summed E-state index contributed by atoms with van der Waals surface area (Å²) in [6.07, 6.45) is 5.53. The molecule has 0 bridgehead atoms. The van der Waals surface area contributed by atoms with Gasteiger partial charge in [0.25, 0.3) is 11.5 Å². The number of nitrogens with zero attached hydrogens (tertiary/aromatic N) is 4. The van der Waals surface area contributed by atoms with E-state index in [-0.39, 0.29) is 23.6 Å². The lowest BCUT2D eigenvalue weighted by molar-refractivity contribution is 0.0369. The summed E-state index contributed by atoms with van der Waals surface area (Å²) in [7, 11) is 1.59. The number of carbonyl (C=O) groups is 1. The van der Waals surface area contributed by atoms with Gasteiger partial charge in [-0.2, -0.15) is 0 Å². The SMILES string of the molecule is COc1cc2c(cc1OC1CC(COc3ccc(-n4c(-c5ccccc5)nc5ccccc5c4=O)cc3)C1)N=C[C@@H]1CCCN1C2=O. The van der Waals surface area contributed by atoms with E-state index < -0.39 is 0 Å². The molecule has 236 valence electrons. The van der Waals surface area contributed by atoms with Crippen molar-refractivity contribution in [3.8, 4) is 34.3 Å². The summed E-state index contributed by atoms with van der Waals surface area (Å²) < 4.78 is 19.8. The van der Waals surface area contributed by atoms with E-state index in [1.165, 1.54) is 0 Å². The molecule has 5 aromatic rings. The fraction of sp³-hybridized carbons (Fsp3) is 0.263. The van der Waals surface area contributed by atoms with E-state index in [1.807, 2.05) is 96.0 Å². The Bertz CT molecular complexity index is 2050. The standard InChI is InChI=1S/C38H34N4O5/c1-45-34-20-31-33(39-22-27-10-7-17-41(27)37(31)43)21-35(34)47-29-18-24(19-29)23-46-28-15-13-26(14-16-28)42-36(25-8-3-2-4-9-25)40-32-12-6-5-11-30(32)38(42)44/h2-6,8-9,11-16,20-22,24,27,29H,7,10,17-19,23H2,1H3/t24?,27-,29?/m0/s1. The molecular formula is C38H34N4O5. The zero-order chi connectivity index (χ0) is 31.9. The van der Waals surface area contributed by atoms with E-state index in [9.17, 15) is 9.59 Å². The van der Waals surface area contributed by atoms with Crippen LogP contribution in [0.15, 0.2) is 101 Å². The van der Waals surface area contributed by atoms with Crippen LogP contribution in [0.4, 0.5) is 5.69 Å². The van der Waals surface area contributed by atoms with Crippen LogP contribution < -0.4 is 19.8 Å². The zero-order valence-electron chi connectivity index (χ0n) is 26.0. The summed E-state index contributed by atoms with van der Waals surface area (Å²) in [5.41, 5.74) is 3.31. The highest BCUT2D eigenvalue weighted by Crippen LogP contribution is 2.41. The number of aliphatic imine (C=N–C) groups is 1. The first kappa shape index (κ1) is 29.0. The highest BCUT2D eigenvalue weighted by Gasteiger charge is 2.35. The van der Waals surface area contributed by atoms with Gasteiger partial charge < -0.3 is 19.1 Å². The number of hydrogen-bond donors (Lipinski definition) is 0. The van der Waals surface area contributed by atoms with Crippen molar-refractivity contribution in [3.63, 3.8) is 0 Å². The quantitative estimate of drug-likeness (QED) is 0.192. The predicted octanol–water partition coefficient (Wildman–Crippen LogP) is 6.62. The maximum Gasteiger partial charge on any atom is 0.266 e. The number of benzene rings is 4. The lowest BCUT2D eigenvalue weighted by Gasteiger charge is -2.35. The maximum absolute atomic E-state index is 13.7. The molecule has 0 spiro atoms. The van der Waals surface area contributed by atoms with Crippen molar-refractivity contribution in [1.82, 2.24) is 14.5 Å². The second-order valence-electron chi connectivity index (χ2n) is 12.3. The number of rotatable bonds is 8. The molecular weight excluding hydrogens is 592 g/mol. The molecule has 3 heterocycles. The third-order valence-corrected chi connectivity index (χ3v) is 9.33. The van der Waals surface area contributed by atoms with E-state index >= 15 is 0 Å². The predicted molar refractivity (Wildman–Crippen MR) is 181 cm³/mol. The largest absolute Gasteiger partial charge is 0.493 e. The highest BCUT2D eigenvalue weighted by atomic mass is 16.5. The molecule has 2 fully saturated rings. The van der Waals surface area contributed by atoms with Gasteiger partial charge in [0.05, 0.1) is 53.7 Å². The van der Waals surface area contributed by atoms with E-state index in [1.54, 1.807) is 17.7 Å². The second kappa shape index (κ2) is 12.1. The Morgan fingerprint density at radius 3 is 2.49 bits per heavy atom. The molecule has 4 aromatic carbocycles. The van der Waals surface area contributed by atoms with Crippen LogP contribution in [-0.4, -0.2) is 59.0 Å². The van der Waals surface area contributed by atoms with Crippen LogP contribution in [0.3, 0.4) is 0 Å². The topological polar surface area (TPSA) is 95.2 Å². The van der Waals surface area contributed by atoms with Gasteiger partial charge in [-0.15, -0.1) is 0 Å².